The molecule has 0 radical (unpaired) electrons. The van der Waals surface area contributed by atoms with Crippen LogP contribution >= 0.6 is 0 Å². The summed E-state index contributed by atoms with van der Waals surface area (Å²) < 4.78 is 1.76. The van der Waals surface area contributed by atoms with Crippen molar-refractivity contribution < 1.29 is 14.7 Å². The van der Waals surface area contributed by atoms with E-state index < -0.39 is 11.5 Å². The second kappa shape index (κ2) is 6.47. The van der Waals surface area contributed by atoms with E-state index in [1.54, 1.807) is 4.68 Å². The predicted molar refractivity (Wildman–Crippen MR) is 88.8 cm³/mol. The maximum Gasteiger partial charge on any atom is 0.329 e. The fraction of sp³-hybridized carbons (Fsp3) is 0.389. The Morgan fingerprint density at radius 3 is 2.54 bits per heavy atom. The summed E-state index contributed by atoms with van der Waals surface area (Å²) in [6, 6.07) is 9.86. The van der Waals surface area contributed by atoms with Gasteiger partial charge < -0.3 is 10.4 Å². The van der Waals surface area contributed by atoms with Crippen molar-refractivity contribution in [3.8, 4) is 0 Å². The van der Waals surface area contributed by atoms with Gasteiger partial charge in [-0.2, -0.15) is 5.10 Å². The minimum atomic E-state index is -1.13. The minimum absolute atomic E-state index is 0.365. The Morgan fingerprint density at radius 2 is 1.92 bits per heavy atom. The van der Waals surface area contributed by atoms with Gasteiger partial charge in [0.05, 0.1) is 18.3 Å². The van der Waals surface area contributed by atoms with Crippen molar-refractivity contribution in [2.75, 3.05) is 0 Å². The van der Waals surface area contributed by atoms with Crippen LogP contribution in [0.15, 0.2) is 36.5 Å². The van der Waals surface area contributed by atoms with Gasteiger partial charge in [-0.1, -0.05) is 43.2 Å². The highest BCUT2D eigenvalue weighted by molar-refractivity contribution is 5.98. The average molecular weight is 327 g/mol. The summed E-state index contributed by atoms with van der Waals surface area (Å²) in [4.78, 5) is 24.2. The summed E-state index contributed by atoms with van der Waals surface area (Å²) in [7, 11) is 0. The van der Waals surface area contributed by atoms with E-state index in [0.717, 1.165) is 24.1 Å². The Kier molecular flexibility index (Phi) is 4.38. The maximum absolute atomic E-state index is 12.6. The van der Waals surface area contributed by atoms with Gasteiger partial charge in [0.1, 0.15) is 5.54 Å². The van der Waals surface area contributed by atoms with Crippen LogP contribution < -0.4 is 5.32 Å². The van der Waals surface area contributed by atoms with Gasteiger partial charge >= 0.3 is 5.97 Å². The largest absolute Gasteiger partial charge is 0.480 e. The highest BCUT2D eigenvalue weighted by atomic mass is 16.4. The van der Waals surface area contributed by atoms with Crippen LogP contribution in [0.25, 0.3) is 0 Å². The molecule has 1 heterocycles. The van der Waals surface area contributed by atoms with Crippen molar-refractivity contribution in [2.24, 2.45) is 0 Å². The van der Waals surface area contributed by atoms with Crippen molar-refractivity contribution in [1.82, 2.24) is 15.1 Å². The SMILES string of the molecule is Cc1c(C(=O)NC2(C(=O)O)CCCC2)cnn1Cc1ccccc1. The maximum atomic E-state index is 12.6. The lowest BCUT2D eigenvalue weighted by molar-refractivity contribution is -0.144. The zero-order valence-corrected chi connectivity index (χ0v) is 13.7. The fourth-order valence-corrected chi connectivity index (χ4v) is 3.24. The summed E-state index contributed by atoms with van der Waals surface area (Å²) >= 11 is 0. The second-order valence-corrected chi connectivity index (χ2v) is 6.34. The zero-order chi connectivity index (χ0) is 17.2. The third-order valence-electron chi connectivity index (χ3n) is 4.74. The third-order valence-corrected chi connectivity index (χ3v) is 4.74. The summed E-state index contributed by atoms with van der Waals surface area (Å²) in [5.74, 6) is -1.32. The van der Waals surface area contributed by atoms with E-state index in [4.69, 9.17) is 0 Å². The summed E-state index contributed by atoms with van der Waals surface area (Å²) in [5, 5.41) is 16.5. The molecule has 0 atom stereocenters. The summed E-state index contributed by atoms with van der Waals surface area (Å²) in [6.45, 7) is 2.40. The Bertz CT molecular complexity index is 746. The molecule has 0 spiro atoms. The number of carboxylic acids is 1. The molecule has 6 nitrogen and oxygen atoms in total. The van der Waals surface area contributed by atoms with Gasteiger partial charge in [-0.3, -0.25) is 9.48 Å². The number of hydrogen-bond acceptors (Lipinski definition) is 3. The van der Waals surface area contributed by atoms with Gasteiger partial charge in [0.25, 0.3) is 5.91 Å². The van der Waals surface area contributed by atoms with Gasteiger partial charge in [-0.05, 0) is 25.3 Å². The second-order valence-electron chi connectivity index (χ2n) is 6.34. The molecule has 126 valence electrons. The molecule has 1 aliphatic rings. The van der Waals surface area contributed by atoms with E-state index in [9.17, 15) is 14.7 Å². The topological polar surface area (TPSA) is 84.2 Å². The molecular weight excluding hydrogens is 306 g/mol. The first kappa shape index (κ1) is 16.2. The fourth-order valence-electron chi connectivity index (χ4n) is 3.24. The molecule has 2 N–H and O–H groups in total. The number of aromatic nitrogens is 2. The van der Waals surface area contributed by atoms with Gasteiger partial charge in [0.15, 0.2) is 0 Å². The van der Waals surface area contributed by atoms with Crippen molar-refractivity contribution in [3.63, 3.8) is 0 Å². The van der Waals surface area contributed by atoms with Crippen LogP contribution in [0.1, 0.15) is 47.3 Å². The van der Waals surface area contributed by atoms with Gasteiger partial charge in [-0.15, -0.1) is 0 Å². The van der Waals surface area contributed by atoms with Crippen molar-refractivity contribution in [3.05, 3.63) is 53.3 Å². The molecule has 1 saturated carbocycles. The van der Waals surface area contributed by atoms with E-state index in [-0.39, 0.29) is 5.91 Å². The van der Waals surface area contributed by atoms with Crippen LogP contribution in [0.4, 0.5) is 0 Å². The summed E-state index contributed by atoms with van der Waals surface area (Å²) in [6.07, 6.45) is 4.10. The lowest BCUT2D eigenvalue weighted by atomic mass is 9.97. The third kappa shape index (κ3) is 3.04. The van der Waals surface area contributed by atoms with Crippen molar-refractivity contribution in [2.45, 2.75) is 44.7 Å². The quantitative estimate of drug-likeness (QED) is 0.883. The molecular formula is C18H21N3O3. The van der Waals surface area contributed by atoms with Crippen LogP contribution in [-0.2, 0) is 11.3 Å². The Hall–Kier alpha value is -2.63. The number of carbonyl (C=O) groups excluding carboxylic acids is 1. The molecule has 0 aliphatic heterocycles. The van der Waals surface area contributed by atoms with Crippen LogP contribution in [-0.4, -0.2) is 32.3 Å². The van der Waals surface area contributed by atoms with Gasteiger partial charge in [-0.25, -0.2) is 4.79 Å². The Morgan fingerprint density at radius 1 is 1.25 bits per heavy atom. The molecule has 0 saturated heterocycles. The number of aliphatic carboxylic acids is 1. The normalized spacial score (nSPS) is 16.0. The highest BCUT2D eigenvalue weighted by Crippen LogP contribution is 2.30. The molecule has 24 heavy (non-hydrogen) atoms. The summed E-state index contributed by atoms with van der Waals surface area (Å²) in [5.41, 5.74) is 1.12. The van der Waals surface area contributed by atoms with Crippen LogP contribution in [0, 0.1) is 6.92 Å². The molecule has 3 rings (SSSR count). The lowest BCUT2D eigenvalue weighted by Gasteiger charge is -2.25. The first-order valence-corrected chi connectivity index (χ1v) is 8.14. The number of benzene rings is 1. The number of nitrogens with zero attached hydrogens (tertiary/aromatic N) is 2. The first-order valence-electron chi connectivity index (χ1n) is 8.14. The Balaban J connectivity index is 1.78. The van der Waals surface area contributed by atoms with Crippen LogP contribution in [0.5, 0.6) is 0 Å². The number of rotatable bonds is 5. The van der Waals surface area contributed by atoms with E-state index in [1.807, 2.05) is 37.3 Å². The average Bonchev–Trinajstić information content (AvgIpc) is 3.17. The molecule has 0 unspecified atom stereocenters. The first-order chi connectivity index (χ1) is 11.5. The van der Waals surface area contributed by atoms with Gasteiger partial charge in [0.2, 0.25) is 0 Å². The van der Waals surface area contributed by atoms with Gasteiger partial charge in [0, 0.05) is 5.69 Å². The van der Waals surface area contributed by atoms with Crippen molar-refractivity contribution in [1.29, 1.82) is 0 Å². The standard InChI is InChI=1S/C18H21N3O3/c1-13-15(11-19-21(13)12-14-7-3-2-4-8-14)16(22)20-18(17(23)24)9-5-6-10-18/h2-4,7-8,11H,5-6,9-10,12H2,1H3,(H,20,22)(H,23,24). The predicted octanol–water partition coefficient (Wildman–Crippen LogP) is 2.37. The molecule has 6 heteroatoms. The lowest BCUT2D eigenvalue weighted by Crippen LogP contribution is -2.52. The molecule has 0 bridgehead atoms. The van der Waals surface area contributed by atoms with Crippen LogP contribution in [0.3, 0.4) is 0 Å². The number of amides is 1. The minimum Gasteiger partial charge on any atom is -0.480 e. The smallest absolute Gasteiger partial charge is 0.329 e. The highest BCUT2D eigenvalue weighted by Gasteiger charge is 2.43. The molecule has 1 aromatic heterocycles. The number of carboxylic acid groups (broad SMARTS) is 1. The monoisotopic (exact) mass is 327 g/mol. The van der Waals surface area contributed by atoms with E-state index in [1.165, 1.54) is 6.20 Å². The zero-order valence-electron chi connectivity index (χ0n) is 13.7. The number of carbonyl (C=O) groups is 2. The molecule has 1 amide bonds. The van der Waals surface area contributed by atoms with E-state index >= 15 is 0 Å². The number of nitrogens with one attached hydrogen (secondary N) is 1. The molecule has 1 fully saturated rings. The number of hydrogen-bond donors (Lipinski definition) is 2. The molecule has 2 aromatic rings. The van der Waals surface area contributed by atoms with Crippen LogP contribution in [0.2, 0.25) is 0 Å². The molecule has 1 aliphatic carbocycles. The van der Waals surface area contributed by atoms with E-state index in [0.29, 0.717) is 24.9 Å². The Labute approximate surface area is 140 Å². The van der Waals surface area contributed by atoms with E-state index in [2.05, 4.69) is 10.4 Å². The molecule has 1 aromatic carbocycles. The van der Waals surface area contributed by atoms with Crippen molar-refractivity contribution >= 4 is 11.9 Å².